The zero-order chi connectivity index (χ0) is 15.1. The van der Waals surface area contributed by atoms with Gasteiger partial charge < -0.3 is 8.85 Å². The summed E-state index contributed by atoms with van der Waals surface area (Å²) in [5.41, 5.74) is 0.959. The Balaban J connectivity index is 5.25. The first-order valence-corrected chi connectivity index (χ1v) is 10.1. The van der Waals surface area contributed by atoms with Crippen LogP contribution in [0.15, 0.2) is 0 Å². The van der Waals surface area contributed by atoms with E-state index in [1.807, 2.05) is 0 Å². The molecule has 0 aliphatic rings. The molecule has 0 rings (SSSR count). The average Bonchev–Trinajstić information content (AvgIpc) is 2.28. The molecule has 0 N–H and O–H groups in total. The topological polar surface area (TPSA) is 18.5 Å². The third-order valence-electron chi connectivity index (χ3n) is 3.94. The van der Waals surface area contributed by atoms with Crippen LogP contribution in [0.2, 0.25) is 11.1 Å². The molecule has 0 unspecified atom stereocenters. The van der Waals surface area contributed by atoms with Crippen LogP contribution in [0.4, 0.5) is 0 Å². The molecule has 19 heavy (non-hydrogen) atoms. The van der Waals surface area contributed by atoms with Gasteiger partial charge in [0.05, 0.1) is 5.60 Å². The second-order valence-corrected chi connectivity index (χ2v) is 10.8. The van der Waals surface area contributed by atoms with Gasteiger partial charge in [0.15, 0.2) is 0 Å². The summed E-state index contributed by atoms with van der Waals surface area (Å²) in [4.78, 5) is 0. The van der Waals surface area contributed by atoms with Crippen molar-refractivity contribution in [3.05, 3.63) is 0 Å². The van der Waals surface area contributed by atoms with E-state index in [-0.39, 0.29) is 5.60 Å². The molecule has 116 valence electrons. The van der Waals surface area contributed by atoms with E-state index >= 15 is 0 Å². The Morgan fingerprint density at radius 2 is 1.32 bits per heavy atom. The van der Waals surface area contributed by atoms with Crippen LogP contribution in [0.3, 0.4) is 0 Å². The molecule has 0 heterocycles. The van der Waals surface area contributed by atoms with E-state index in [2.05, 4.69) is 55.4 Å². The third-order valence-corrected chi connectivity index (χ3v) is 8.71. The SMILES string of the molecule is CCCC(C)(CCC)O[Si](OCC)(C(C)C)C(C)C. The summed E-state index contributed by atoms with van der Waals surface area (Å²) in [6.45, 7) is 18.7. The minimum atomic E-state index is -2.16. The molecule has 0 aromatic rings. The zero-order valence-corrected chi connectivity index (χ0v) is 15.5. The summed E-state index contributed by atoms with van der Waals surface area (Å²) in [6.07, 6.45) is 4.59. The van der Waals surface area contributed by atoms with Crippen LogP contribution < -0.4 is 0 Å². The zero-order valence-electron chi connectivity index (χ0n) is 14.5. The number of hydrogen-bond acceptors (Lipinski definition) is 2. The maximum absolute atomic E-state index is 6.79. The van der Waals surface area contributed by atoms with Crippen molar-refractivity contribution < 1.29 is 8.85 Å². The molecule has 0 bridgehead atoms. The lowest BCUT2D eigenvalue weighted by atomic mass is 9.95. The lowest BCUT2D eigenvalue weighted by Crippen LogP contribution is -2.54. The maximum atomic E-state index is 6.79. The summed E-state index contributed by atoms with van der Waals surface area (Å²) in [7, 11) is -2.16. The van der Waals surface area contributed by atoms with Crippen molar-refractivity contribution in [2.24, 2.45) is 0 Å². The molecule has 0 saturated carbocycles. The molecule has 3 heteroatoms. The highest BCUT2D eigenvalue weighted by Crippen LogP contribution is 2.40. The van der Waals surface area contributed by atoms with Gasteiger partial charge >= 0.3 is 8.56 Å². The van der Waals surface area contributed by atoms with Crippen molar-refractivity contribution in [3.8, 4) is 0 Å². The Morgan fingerprint density at radius 1 is 0.895 bits per heavy atom. The first-order chi connectivity index (χ1) is 8.78. The molecule has 0 radical (unpaired) electrons. The summed E-state index contributed by atoms with van der Waals surface area (Å²) < 4.78 is 13.0. The summed E-state index contributed by atoms with van der Waals surface area (Å²) >= 11 is 0. The molecule has 0 saturated heterocycles. The molecule has 0 amide bonds. The van der Waals surface area contributed by atoms with E-state index in [4.69, 9.17) is 8.85 Å². The van der Waals surface area contributed by atoms with Gasteiger partial charge in [0.1, 0.15) is 0 Å². The third kappa shape index (κ3) is 5.20. The van der Waals surface area contributed by atoms with Crippen LogP contribution >= 0.6 is 0 Å². The Morgan fingerprint density at radius 3 is 1.58 bits per heavy atom. The molecule has 0 aliphatic heterocycles. The number of rotatable bonds is 10. The van der Waals surface area contributed by atoms with Crippen LogP contribution in [0.25, 0.3) is 0 Å². The van der Waals surface area contributed by atoms with E-state index < -0.39 is 8.56 Å². The first kappa shape index (κ1) is 19.1. The molecule has 0 spiro atoms. The minimum absolute atomic E-state index is 0.0145. The Labute approximate surface area is 122 Å². The largest absolute Gasteiger partial charge is 0.394 e. The summed E-state index contributed by atoms with van der Waals surface area (Å²) in [5.74, 6) is 0. The lowest BCUT2D eigenvalue weighted by molar-refractivity contribution is 0.0127. The monoisotopic (exact) mass is 288 g/mol. The van der Waals surface area contributed by atoms with Crippen molar-refractivity contribution in [1.82, 2.24) is 0 Å². The average molecular weight is 289 g/mol. The van der Waals surface area contributed by atoms with E-state index in [1.165, 1.54) is 12.8 Å². The lowest BCUT2D eigenvalue weighted by Gasteiger charge is -2.45. The molecule has 2 nitrogen and oxygen atoms in total. The van der Waals surface area contributed by atoms with Crippen molar-refractivity contribution in [2.75, 3.05) is 6.61 Å². The van der Waals surface area contributed by atoms with Crippen LogP contribution in [0, 0.1) is 0 Å². The van der Waals surface area contributed by atoms with E-state index in [1.54, 1.807) is 0 Å². The van der Waals surface area contributed by atoms with E-state index in [0.717, 1.165) is 19.4 Å². The highest BCUT2D eigenvalue weighted by atomic mass is 28.4. The standard InChI is InChI=1S/C16H36O2Si/c1-9-12-16(8,13-10-2)18-19(14(4)5,15(6)7)17-11-3/h14-15H,9-13H2,1-8H3. The molecule has 0 fully saturated rings. The van der Waals surface area contributed by atoms with Crippen molar-refractivity contribution >= 4 is 8.56 Å². The van der Waals surface area contributed by atoms with Crippen molar-refractivity contribution in [3.63, 3.8) is 0 Å². The fourth-order valence-electron chi connectivity index (χ4n) is 3.16. The molecular weight excluding hydrogens is 252 g/mol. The molecular formula is C16H36O2Si. The van der Waals surface area contributed by atoms with Crippen LogP contribution in [-0.2, 0) is 8.85 Å². The first-order valence-electron chi connectivity index (χ1n) is 8.12. The Hall–Kier alpha value is 0.137. The number of hydrogen-bond donors (Lipinski definition) is 0. The van der Waals surface area contributed by atoms with Gasteiger partial charge in [-0.15, -0.1) is 0 Å². The predicted molar refractivity (Wildman–Crippen MR) is 86.9 cm³/mol. The highest BCUT2D eigenvalue weighted by molar-refractivity contribution is 6.70. The fourth-order valence-corrected chi connectivity index (χ4v) is 7.12. The van der Waals surface area contributed by atoms with Gasteiger partial charge in [0.25, 0.3) is 0 Å². The van der Waals surface area contributed by atoms with Gasteiger partial charge in [-0.25, -0.2) is 0 Å². The van der Waals surface area contributed by atoms with Crippen LogP contribution in [0.5, 0.6) is 0 Å². The van der Waals surface area contributed by atoms with Gasteiger partial charge in [-0.2, -0.15) is 0 Å². The second-order valence-electron chi connectivity index (χ2n) is 6.52. The smallest absolute Gasteiger partial charge is 0.343 e. The van der Waals surface area contributed by atoms with Gasteiger partial charge in [0.2, 0.25) is 0 Å². The van der Waals surface area contributed by atoms with Crippen LogP contribution in [0.1, 0.15) is 81.1 Å². The van der Waals surface area contributed by atoms with Crippen molar-refractivity contribution in [1.29, 1.82) is 0 Å². The minimum Gasteiger partial charge on any atom is -0.394 e. The van der Waals surface area contributed by atoms with E-state index in [0.29, 0.717) is 11.1 Å². The van der Waals surface area contributed by atoms with Crippen LogP contribution in [-0.4, -0.2) is 20.8 Å². The Bertz CT molecular complexity index is 225. The van der Waals surface area contributed by atoms with E-state index in [9.17, 15) is 0 Å². The van der Waals surface area contributed by atoms with Crippen molar-refractivity contribution in [2.45, 2.75) is 97.8 Å². The quantitative estimate of drug-likeness (QED) is 0.483. The van der Waals surface area contributed by atoms with Gasteiger partial charge in [-0.1, -0.05) is 54.4 Å². The second kappa shape index (κ2) is 8.43. The van der Waals surface area contributed by atoms with Gasteiger partial charge in [-0.05, 0) is 37.8 Å². The summed E-state index contributed by atoms with van der Waals surface area (Å²) in [5, 5.41) is 0. The maximum Gasteiger partial charge on any atom is 0.343 e. The summed E-state index contributed by atoms with van der Waals surface area (Å²) in [6, 6.07) is 0. The molecule has 0 atom stereocenters. The molecule has 0 aromatic heterocycles. The fraction of sp³-hybridized carbons (Fsp3) is 1.00. The molecule has 0 aromatic carbocycles. The Kier molecular flexibility index (Phi) is 8.49. The molecule has 0 aliphatic carbocycles. The normalized spacial score (nSPS) is 13.6. The highest BCUT2D eigenvalue weighted by Gasteiger charge is 2.48. The predicted octanol–water partition coefficient (Wildman–Crippen LogP) is 5.66. The van der Waals surface area contributed by atoms with Gasteiger partial charge in [-0.3, -0.25) is 0 Å². The van der Waals surface area contributed by atoms with Gasteiger partial charge in [0, 0.05) is 6.61 Å².